The molecule has 1 N–H and O–H groups in total. The van der Waals surface area contributed by atoms with E-state index in [4.69, 9.17) is 0 Å². The van der Waals surface area contributed by atoms with Gasteiger partial charge in [-0.1, -0.05) is 12.1 Å². The number of piperazine rings is 1. The van der Waals surface area contributed by atoms with E-state index in [-0.39, 0.29) is 12.1 Å². The third-order valence-electron chi connectivity index (χ3n) is 6.22. The summed E-state index contributed by atoms with van der Waals surface area (Å²) in [5.41, 5.74) is 2.14. The summed E-state index contributed by atoms with van der Waals surface area (Å²) in [6.07, 6.45) is 6.23. The molecule has 4 heterocycles. The molecule has 1 aliphatic heterocycles. The van der Waals surface area contributed by atoms with Crippen LogP contribution in [0, 0.1) is 0 Å². The second-order valence-corrected chi connectivity index (χ2v) is 12.1. The minimum absolute atomic E-state index is 0.243. The van der Waals surface area contributed by atoms with Gasteiger partial charge in [0.05, 0.1) is 6.54 Å². The standard InChI is InChI=1S/C26H31N9O2S/c1-5-13-34-25(36)21-18-27-26(28-19-9-11-20(12-10-19)33-16-14-32(2)15-17-33)30-24(21)35(34)23-8-6-7-22(29-23)31-38(3,4)37/h5-12,18H,1,13-17H2,2-4H3,(H,27,28,30). The van der Waals surface area contributed by atoms with E-state index in [0.29, 0.717) is 28.6 Å². The lowest BCUT2D eigenvalue weighted by atomic mass is 10.2. The van der Waals surface area contributed by atoms with Crippen LogP contribution >= 0.6 is 0 Å². The molecule has 0 bridgehead atoms. The molecule has 3 aromatic heterocycles. The molecule has 0 unspecified atom stereocenters. The fourth-order valence-electron chi connectivity index (χ4n) is 4.36. The molecule has 38 heavy (non-hydrogen) atoms. The maximum absolute atomic E-state index is 13.2. The van der Waals surface area contributed by atoms with Crippen molar-refractivity contribution in [3.8, 4) is 5.82 Å². The van der Waals surface area contributed by atoms with Crippen LogP contribution < -0.4 is 15.8 Å². The molecule has 5 rings (SSSR count). The van der Waals surface area contributed by atoms with E-state index in [9.17, 15) is 9.00 Å². The summed E-state index contributed by atoms with van der Waals surface area (Å²) in [4.78, 5) is 31.5. The van der Waals surface area contributed by atoms with Crippen LogP contribution in [0.3, 0.4) is 0 Å². The molecule has 1 aliphatic rings. The summed E-state index contributed by atoms with van der Waals surface area (Å²) in [5, 5.41) is 3.59. The Hall–Kier alpha value is -4.03. The summed E-state index contributed by atoms with van der Waals surface area (Å²) in [6, 6.07) is 13.3. The Kier molecular flexibility index (Phi) is 7.00. The molecule has 1 fully saturated rings. The zero-order valence-corrected chi connectivity index (χ0v) is 22.6. The first-order chi connectivity index (χ1) is 18.2. The summed E-state index contributed by atoms with van der Waals surface area (Å²) < 4.78 is 19.5. The first-order valence-electron chi connectivity index (χ1n) is 12.3. The van der Waals surface area contributed by atoms with Gasteiger partial charge in [0.15, 0.2) is 17.3 Å². The number of likely N-dealkylation sites (N-methyl/N-ethyl adjacent to an activating group) is 1. The van der Waals surface area contributed by atoms with Gasteiger partial charge in [-0.25, -0.2) is 23.5 Å². The zero-order valence-electron chi connectivity index (χ0n) is 21.7. The molecule has 0 spiro atoms. The summed E-state index contributed by atoms with van der Waals surface area (Å²) >= 11 is 0. The topological polar surface area (TPSA) is 114 Å². The highest BCUT2D eigenvalue weighted by atomic mass is 32.2. The van der Waals surface area contributed by atoms with Crippen molar-refractivity contribution in [2.75, 3.05) is 56.0 Å². The second-order valence-electron chi connectivity index (χ2n) is 9.51. The van der Waals surface area contributed by atoms with Crippen molar-refractivity contribution < 1.29 is 4.21 Å². The third-order valence-corrected chi connectivity index (χ3v) is 6.85. The van der Waals surface area contributed by atoms with Gasteiger partial charge in [-0.15, -0.1) is 6.58 Å². The number of anilines is 3. The summed E-state index contributed by atoms with van der Waals surface area (Å²) in [5.74, 6) is 1.08. The lowest BCUT2D eigenvalue weighted by Crippen LogP contribution is -2.44. The van der Waals surface area contributed by atoms with E-state index in [0.717, 1.165) is 31.9 Å². The molecule has 0 saturated carbocycles. The van der Waals surface area contributed by atoms with Crippen LogP contribution in [0.25, 0.3) is 16.9 Å². The highest BCUT2D eigenvalue weighted by molar-refractivity contribution is 7.92. The number of pyridine rings is 1. The highest BCUT2D eigenvalue weighted by Gasteiger charge is 2.18. The zero-order chi connectivity index (χ0) is 26.9. The number of rotatable bonds is 7. The van der Waals surface area contributed by atoms with Crippen LogP contribution in [0.4, 0.5) is 23.1 Å². The number of hydrogen-bond donors (Lipinski definition) is 1. The lowest BCUT2D eigenvalue weighted by molar-refractivity contribution is 0.313. The average Bonchev–Trinajstić information content (AvgIpc) is 3.15. The van der Waals surface area contributed by atoms with E-state index < -0.39 is 9.73 Å². The Morgan fingerprint density at radius 3 is 2.50 bits per heavy atom. The van der Waals surface area contributed by atoms with Gasteiger partial charge in [-0.3, -0.25) is 4.79 Å². The van der Waals surface area contributed by atoms with Gasteiger partial charge in [0.2, 0.25) is 5.95 Å². The molecule has 1 aromatic carbocycles. The highest BCUT2D eigenvalue weighted by Crippen LogP contribution is 2.23. The maximum Gasteiger partial charge on any atom is 0.278 e. The molecular weight excluding hydrogens is 502 g/mol. The maximum atomic E-state index is 13.2. The molecule has 0 amide bonds. The van der Waals surface area contributed by atoms with Crippen LogP contribution in [0.2, 0.25) is 0 Å². The van der Waals surface area contributed by atoms with Crippen molar-refractivity contribution >= 4 is 43.9 Å². The van der Waals surface area contributed by atoms with Gasteiger partial charge in [-0.05, 0) is 43.4 Å². The number of hydrogen-bond acceptors (Lipinski definition) is 9. The number of allylic oxidation sites excluding steroid dienone is 1. The van der Waals surface area contributed by atoms with Crippen molar-refractivity contribution in [3.63, 3.8) is 0 Å². The van der Waals surface area contributed by atoms with Crippen molar-refractivity contribution in [1.29, 1.82) is 0 Å². The minimum Gasteiger partial charge on any atom is -0.369 e. The number of nitrogens with zero attached hydrogens (tertiary/aromatic N) is 8. The van der Waals surface area contributed by atoms with E-state index in [1.54, 1.807) is 41.5 Å². The lowest BCUT2D eigenvalue weighted by Gasteiger charge is -2.34. The van der Waals surface area contributed by atoms with Gasteiger partial charge in [0.25, 0.3) is 5.56 Å². The van der Waals surface area contributed by atoms with Gasteiger partial charge >= 0.3 is 0 Å². The smallest absolute Gasteiger partial charge is 0.278 e. The van der Waals surface area contributed by atoms with Crippen molar-refractivity contribution in [1.82, 2.24) is 29.2 Å². The fourth-order valence-corrected chi connectivity index (χ4v) is 4.92. The molecular formula is C26H31N9O2S. The van der Waals surface area contributed by atoms with Gasteiger partial charge in [-0.2, -0.15) is 9.35 Å². The largest absolute Gasteiger partial charge is 0.369 e. The van der Waals surface area contributed by atoms with E-state index in [2.05, 4.69) is 60.2 Å². The SMILES string of the molecule is C=CCn1c(=O)c2cnc(Nc3ccc(N4CCN(C)CC4)cc3)nc2n1-c1cccc(N=S(C)(C)=O)n1. The van der Waals surface area contributed by atoms with Gasteiger partial charge in [0.1, 0.15) is 5.39 Å². The quantitative estimate of drug-likeness (QED) is 0.361. The number of aromatic nitrogens is 5. The molecule has 0 atom stereocenters. The molecule has 0 radical (unpaired) electrons. The van der Waals surface area contributed by atoms with Gasteiger partial charge in [0, 0.05) is 66.0 Å². The average molecular weight is 534 g/mol. The normalized spacial score (nSPS) is 14.6. The van der Waals surface area contributed by atoms with Crippen molar-refractivity contribution in [2.45, 2.75) is 6.54 Å². The van der Waals surface area contributed by atoms with E-state index >= 15 is 0 Å². The third kappa shape index (κ3) is 5.46. The second kappa shape index (κ2) is 10.4. The molecule has 11 nitrogen and oxygen atoms in total. The predicted molar refractivity (Wildman–Crippen MR) is 153 cm³/mol. The first kappa shape index (κ1) is 25.6. The predicted octanol–water partition coefficient (Wildman–Crippen LogP) is 3.02. The summed E-state index contributed by atoms with van der Waals surface area (Å²) in [7, 11) is -0.269. The van der Waals surface area contributed by atoms with Crippen LogP contribution in [-0.4, -0.2) is 79.2 Å². The summed E-state index contributed by atoms with van der Waals surface area (Å²) in [6.45, 7) is 8.11. The van der Waals surface area contributed by atoms with Crippen LogP contribution in [0.5, 0.6) is 0 Å². The van der Waals surface area contributed by atoms with Crippen LogP contribution in [0.15, 0.2) is 70.5 Å². The Morgan fingerprint density at radius 2 is 1.82 bits per heavy atom. The first-order valence-corrected chi connectivity index (χ1v) is 14.6. The Morgan fingerprint density at radius 1 is 1.08 bits per heavy atom. The number of nitrogens with one attached hydrogen (secondary N) is 1. The molecule has 12 heteroatoms. The van der Waals surface area contributed by atoms with Crippen molar-refractivity contribution in [2.24, 2.45) is 4.36 Å². The number of benzene rings is 1. The van der Waals surface area contributed by atoms with E-state index in [1.807, 2.05) is 12.1 Å². The van der Waals surface area contributed by atoms with Crippen molar-refractivity contribution in [3.05, 3.63) is 71.7 Å². The number of fused-ring (bicyclic) bond motifs is 1. The Balaban J connectivity index is 1.50. The Labute approximate surface area is 221 Å². The monoisotopic (exact) mass is 533 g/mol. The molecule has 198 valence electrons. The molecule has 4 aromatic rings. The van der Waals surface area contributed by atoms with E-state index in [1.165, 1.54) is 16.6 Å². The Bertz CT molecular complexity index is 1650. The van der Waals surface area contributed by atoms with Crippen LogP contribution in [0.1, 0.15) is 0 Å². The molecule has 0 aliphatic carbocycles. The minimum atomic E-state index is -2.41. The van der Waals surface area contributed by atoms with Crippen LogP contribution in [-0.2, 0) is 16.3 Å². The van der Waals surface area contributed by atoms with Gasteiger partial charge < -0.3 is 15.1 Å². The fraction of sp³-hybridized carbons (Fsp3) is 0.308. The molecule has 1 saturated heterocycles.